The third-order valence-electron chi connectivity index (χ3n) is 4.37. The van der Waals surface area contributed by atoms with E-state index in [2.05, 4.69) is 24.0 Å². The second-order valence-corrected chi connectivity index (χ2v) is 7.38. The van der Waals surface area contributed by atoms with E-state index in [1.807, 2.05) is 0 Å². The molecule has 4 rings (SSSR count). The number of hydrogen-bond donors (Lipinski definition) is 1. The van der Waals surface area contributed by atoms with E-state index < -0.39 is 17.5 Å². The lowest BCUT2D eigenvalue weighted by Crippen LogP contribution is -2.37. The van der Waals surface area contributed by atoms with E-state index in [4.69, 9.17) is 0 Å². The van der Waals surface area contributed by atoms with Gasteiger partial charge in [0.2, 0.25) is 0 Å². The van der Waals surface area contributed by atoms with Crippen molar-refractivity contribution in [3.8, 4) is 0 Å². The Morgan fingerprint density at radius 3 is 2.24 bits per heavy atom. The maximum absolute atomic E-state index is 14.4. The molecule has 0 amide bonds. The van der Waals surface area contributed by atoms with Gasteiger partial charge in [-0.05, 0) is 47.0 Å². The molecule has 3 heterocycles. The Morgan fingerprint density at radius 2 is 1.56 bits per heavy atom. The fraction of sp³-hybridized carbons (Fsp3) is 0.333. The van der Waals surface area contributed by atoms with Gasteiger partial charge < -0.3 is 5.32 Å². The van der Waals surface area contributed by atoms with Gasteiger partial charge in [-0.1, -0.05) is 0 Å². The van der Waals surface area contributed by atoms with Gasteiger partial charge in [0.1, 0.15) is 28.5 Å². The molecule has 0 spiro atoms. The standard InChI is InChI=1S/C15H12F3N5S2/c16-10-3-12(18)11(17)1-8(10)7-2-13(15-21-6-23-25-15)19-4-9(7)14-20-5-22-24-14/h1,3,5-7,9,13,19H,2,4H2. The van der Waals surface area contributed by atoms with Gasteiger partial charge in [-0.15, -0.1) is 0 Å². The van der Waals surface area contributed by atoms with Crippen molar-refractivity contribution in [2.45, 2.75) is 24.3 Å². The molecule has 1 aliphatic heterocycles. The predicted molar refractivity (Wildman–Crippen MR) is 87.0 cm³/mol. The third-order valence-corrected chi connectivity index (χ3v) is 5.94. The van der Waals surface area contributed by atoms with Crippen molar-refractivity contribution in [1.82, 2.24) is 24.0 Å². The van der Waals surface area contributed by atoms with Crippen LogP contribution in [0.5, 0.6) is 0 Å². The molecule has 1 fully saturated rings. The molecule has 0 bridgehead atoms. The molecular formula is C15H12F3N5S2. The summed E-state index contributed by atoms with van der Waals surface area (Å²) in [5.41, 5.74) is 0.148. The summed E-state index contributed by atoms with van der Waals surface area (Å²) < 4.78 is 49.5. The highest BCUT2D eigenvalue weighted by molar-refractivity contribution is 7.05. The third kappa shape index (κ3) is 3.16. The fourth-order valence-electron chi connectivity index (χ4n) is 3.21. The molecular weight excluding hydrogens is 371 g/mol. The summed E-state index contributed by atoms with van der Waals surface area (Å²) >= 11 is 2.48. The Labute approximate surface area is 149 Å². The molecule has 0 radical (unpaired) electrons. The number of aromatic nitrogens is 4. The molecule has 3 aromatic rings. The summed E-state index contributed by atoms with van der Waals surface area (Å²) in [6, 6.07) is 1.42. The average Bonchev–Trinajstić information content (AvgIpc) is 3.31. The van der Waals surface area contributed by atoms with Crippen LogP contribution in [0.3, 0.4) is 0 Å². The normalized spacial score (nSPS) is 23.7. The average molecular weight is 383 g/mol. The lowest BCUT2D eigenvalue weighted by molar-refractivity contribution is 0.321. The van der Waals surface area contributed by atoms with Gasteiger partial charge in [0.25, 0.3) is 0 Å². The van der Waals surface area contributed by atoms with E-state index in [0.717, 1.165) is 16.1 Å². The summed E-state index contributed by atoms with van der Waals surface area (Å²) in [6.45, 7) is 0.503. The summed E-state index contributed by atoms with van der Waals surface area (Å²) in [6.07, 6.45) is 3.38. The van der Waals surface area contributed by atoms with Crippen molar-refractivity contribution in [3.05, 3.63) is 57.8 Å². The monoisotopic (exact) mass is 383 g/mol. The number of benzene rings is 1. The van der Waals surface area contributed by atoms with E-state index in [9.17, 15) is 13.2 Å². The smallest absolute Gasteiger partial charge is 0.161 e. The fourth-order valence-corrected chi connectivity index (χ4v) is 4.49. The van der Waals surface area contributed by atoms with Gasteiger partial charge in [0.05, 0.1) is 6.04 Å². The minimum absolute atomic E-state index is 0.130. The molecule has 1 N–H and O–H groups in total. The van der Waals surface area contributed by atoms with Crippen molar-refractivity contribution < 1.29 is 13.2 Å². The summed E-state index contributed by atoms with van der Waals surface area (Å²) in [5.74, 6) is -3.56. The Morgan fingerprint density at radius 1 is 0.880 bits per heavy atom. The molecule has 0 saturated carbocycles. The van der Waals surface area contributed by atoms with Crippen molar-refractivity contribution in [2.24, 2.45) is 0 Å². The van der Waals surface area contributed by atoms with E-state index in [1.165, 1.54) is 35.7 Å². The second-order valence-electron chi connectivity index (χ2n) is 5.76. The maximum atomic E-state index is 14.4. The summed E-state index contributed by atoms with van der Waals surface area (Å²) in [4.78, 5) is 8.43. The van der Waals surface area contributed by atoms with Crippen LogP contribution in [0.15, 0.2) is 24.8 Å². The van der Waals surface area contributed by atoms with Crippen LogP contribution in [0.2, 0.25) is 0 Å². The first-order chi connectivity index (χ1) is 12.1. The zero-order valence-electron chi connectivity index (χ0n) is 12.7. The van der Waals surface area contributed by atoms with Gasteiger partial charge in [0.15, 0.2) is 11.6 Å². The van der Waals surface area contributed by atoms with E-state index >= 15 is 0 Å². The lowest BCUT2D eigenvalue weighted by atomic mass is 9.78. The van der Waals surface area contributed by atoms with Gasteiger partial charge >= 0.3 is 0 Å². The number of piperidine rings is 1. The first kappa shape index (κ1) is 16.6. The topological polar surface area (TPSA) is 63.6 Å². The molecule has 0 aliphatic carbocycles. The second kappa shape index (κ2) is 6.77. The Hall–Kier alpha value is -1.91. The lowest BCUT2D eigenvalue weighted by Gasteiger charge is -2.35. The molecule has 1 saturated heterocycles. The highest BCUT2D eigenvalue weighted by Crippen LogP contribution is 2.44. The van der Waals surface area contributed by atoms with Crippen LogP contribution in [-0.2, 0) is 0 Å². The Kier molecular flexibility index (Phi) is 4.48. The molecule has 3 unspecified atom stereocenters. The minimum Gasteiger partial charge on any atom is -0.307 e. The van der Waals surface area contributed by atoms with Gasteiger partial charge in [0, 0.05) is 18.5 Å². The highest BCUT2D eigenvalue weighted by Gasteiger charge is 2.37. The van der Waals surface area contributed by atoms with Crippen molar-refractivity contribution in [3.63, 3.8) is 0 Å². The van der Waals surface area contributed by atoms with E-state index in [-0.39, 0.29) is 23.4 Å². The largest absolute Gasteiger partial charge is 0.307 e. The van der Waals surface area contributed by atoms with Gasteiger partial charge in [-0.3, -0.25) is 0 Å². The molecule has 3 atom stereocenters. The van der Waals surface area contributed by atoms with Crippen molar-refractivity contribution in [2.75, 3.05) is 6.54 Å². The molecule has 1 aromatic carbocycles. The molecule has 1 aliphatic rings. The number of nitrogens with one attached hydrogen (secondary N) is 1. The molecule has 130 valence electrons. The predicted octanol–water partition coefficient (Wildman–Crippen LogP) is 3.41. The van der Waals surface area contributed by atoms with Crippen LogP contribution in [0, 0.1) is 17.5 Å². The van der Waals surface area contributed by atoms with Crippen molar-refractivity contribution >= 4 is 23.1 Å². The van der Waals surface area contributed by atoms with Gasteiger partial charge in [-0.2, -0.15) is 8.75 Å². The molecule has 25 heavy (non-hydrogen) atoms. The number of nitrogens with zero attached hydrogens (tertiary/aromatic N) is 4. The SMILES string of the molecule is Fc1cc(F)c(C2CC(c3ncns3)NCC2c2ncns2)cc1F. The van der Waals surface area contributed by atoms with Crippen LogP contribution in [-0.4, -0.2) is 25.3 Å². The minimum atomic E-state index is -1.19. The van der Waals surface area contributed by atoms with E-state index in [1.54, 1.807) is 0 Å². The number of halogens is 3. The molecule has 10 heteroatoms. The van der Waals surface area contributed by atoms with Crippen molar-refractivity contribution in [1.29, 1.82) is 0 Å². The zero-order chi connectivity index (χ0) is 17.4. The molecule has 2 aromatic heterocycles. The number of rotatable bonds is 3. The van der Waals surface area contributed by atoms with Crippen LogP contribution < -0.4 is 5.32 Å². The van der Waals surface area contributed by atoms with Crippen LogP contribution in [0.4, 0.5) is 13.2 Å². The summed E-state index contributed by atoms with van der Waals surface area (Å²) in [7, 11) is 0. The Balaban J connectivity index is 1.74. The number of hydrogen-bond acceptors (Lipinski definition) is 7. The molecule has 5 nitrogen and oxygen atoms in total. The van der Waals surface area contributed by atoms with E-state index in [0.29, 0.717) is 19.0 Å². The zero-order valence-corrected chi connectivity index (χ0v) is 14.3. The Bertz CT molecular complexity index is 856. The quantitative estimate of drug-likeness (QED) is 0.703. The van der Waals surface area contributed by atoms with Crippen LogP contribution in [0.25, 0.3) is 0 Å². The first-order valence-corrected chi connectivity index (χ1v) is 9.09. The maximum Gasteiger partial charge on any atom is 0.161 e. The van der Waals surface area contributed by atoms with Crippen LogP contribution in [0.1, 0.15) is 39.9 Å². The summed E-state index contributed by atoms with van der Waals surface area (Å²) in [5, 5.41) is 4.88. The van der Waals surface area contributed by atoms with Crippen LogP contribution >= 0.6 is 23.1 Å². The first-order valence-electron chi connectivity index (χ1n) is 7.54. The van der Waals surface area contributed by atoms with Gasteiger partial charge in [-0.25, -0.2) is 23.1 Å². The highest BCUT2D eigenvalue weighted by atomic mass is 32.1.